The van der Waals surface area contributed by atoms with Gasteiger partial charge >= 0.3 is 0 Å². The van der Waals surface area contributed by atoms with Gasteiger partial charge in [-0.15, -0.1) is 11.3 Å². The summed E-state index contributed by atoms with van der Waals surface area (Å²) in [7, 11) is 0. The van der Waals surface area contributed by atoms with E-state index in [4.69, 9.17) is 0 Å². The number of rotatable bonds is 3. The van der Waals surface area contributed by atoms with E-state index in [1.165, 1.54) is 18.3 Å². The third kappa shape index (κ3) is 2.92. The van der Waals surface area contributed by atoms with E-state index in [1.54, 1.807) is 35.8 Å². The number of aromatic amines is 1. The zero-order valence-corrected chi connectivity index (χ0v) is 12.0. The van der Waals surface area contributed by atoms with Crippen molar-refractivity contribution in [2.24, 2.45) is 0 Å². The molecule has 0 saturated carbocycles. The molecule has 6 nitrogen and oxygen atoms in total. The fourth-order valence-electron chi connectivity index (χ4n) is 1.91. The first-order valence-corrected chi connectivity index (χ1v) is 7.11. The number of hydrogen-bond donors (Lipinski definition) is 3. The predicted octanol–water partition coefficient (Wildman–Crippen LogP) is 2.84. The minimum atomic E-state index is -0.229. The smallest absolute Gasteiger partial charge is 0.272 e. The number of nitrogens with one attached hydrogen (secondary N) is 3. The standard InChI is InChI=1S/C14H12N4O2S/c1-8(19)16-9-2-4-10(5-3-9)17-14(20)11-6-12-13(18-11)15-7-21-12/h2-7,18H,1H3,(H,16,19)(H,17,20). The maximum atomic E-state index is 12.1. The van der Waals surface area contributed by atoms with Crippen molar-refractivity contribution in [3.05, 3.63) is 41.5 Å². The summed E-state index contributed by atoms with van der Waals surface area (Å²) in [4.78, 5) is 30.1. The molecule has 1 aromatic carbocycles. The van der Waals surface area contributed by atoms with E-state index in [0.717, 1.165) is 4.70 Å². The zero-order chi connectivity index (χ0) is 14.8. The Bertz CT molecular complexity index is 775. The van der Waals surface area contributed by atoms with E-state index >= 15 is 0 Å². The quantitative estimate of drug-likeness (QED) is 0.695. The Balaban J connectivity index is 1.72. The van der Waals surface area contributed by atoms with Crippen LogP contribution in [-0.2, 0) is 4.79 Å². The van der Waals surface area contributed by atoms with Crippen LogP contribution in [0.4, 0.5) is 11.4 Å². The summed E-state index contributed by atoms with van der Waals surface area (Å²) in [6.45, 7) is 1.45. The number of thiazole rings is 1. The fraction of sp³-hybridized carbons (Fsp3) is 0.0714. The fourth-order valence-corrected chi connectivity index (χ4v) is 2.58. The normalized spacial score (nSPS) is 10.5. The molecule has 7 heteroatoms. The number of hydrogen-bond acceptors (Lipinski definition) is 4. The molecule has 0 radical (unpaired) electrons. The summed E-state index contributed by atoms with van der Waals surface area (Å²) in [5.41, 5.74) is 4.25. The van der Waals surface area contributed by atoms with Gasteiger partial charge in [0.2, 0.25) is 5.91 Å². The Morgan fingerprint density at radius 1 is 1.14 bits per heavy atom. The molecule has 0 bridgehead atoms. The van der Waals surface area contributed by atoms with Gasteiger partial charge < -0.3 is 15.6 Å². The second-order valence-electron chi connectivity index (χ2n) is 4.46. The molecule has 0 fully saturated rings. The van der Waals surface area contributed by atoms with Crippen LogP contribution in [0.1, 0.15) is 17.4 Å². The number of fused-ring (bicyclic) bond motifs is 1. The van der Waals surface area contributed by atoms with Crippen LogP contribution in [0.3, 0.4) is 0 Å². The average Bonchev–Trinajstić information content (AvgIpc) is 3.01. The minimum Gasteiger partial charge on any atom is -0.334 e. The number of H-pyrrole nitrogens is 1. The molecule has 0 aliphatic rings. The van der Waals surface area contributed by atoms with Gasteiger partial charge in [0.25, 0.3) is 5.91 Å². The van der Waals surface area contributed by atoms with Crippen molar-refractivity contribution < 1.29 is 9.59 Å². The predicted molar refractivity (Wildman–Crippen MR) is 82.7 cm³/mol. The molecule has 0 aliphatic heterocycles. The number of anilines is 2. The van der Waals surface area contributed by atoms with Gasteiger partial charge in [-0.1, -0.05) is 0 Å². The highest BCUT2D eigenvalue weighted by atomic mass is 32.1. The van der Waals surface area contributed by atoms with E-state index in [-0.39, 0.29) is 11.8 Å². The summed E-state index contributed by atoms with van der Waals surface area (Å²) in [5.74, 6) is -0.363. The maximum Gasteiger partial charge on any atom is 0.272 e. The molecule has 0 atom stereocenters. The van der Waals surface area contributed by atoms with Gasteiger partial charge in [0.15, 0.2) is 0 Å². The highest BCUT2D eigenvalue weighted by Crippen LogP contribution is 2.20. The lowest BCUT2D eigenvalue weighted by Crippen LogP contribution is -2.12. The van der Waals surface area contributed by atoms with Crippen molar-refractivity contribution in [2.45, 2.75) is 6.92 Å². The van der Waals surface area contributed by atoms with E-state index in [1.807, 2.05) is 0 Å². The first-order chi connectivity index (χ1) is 10.1. The van der Waals surface area contributed by atoms with Gasteiger partial charge in [-0.05, 0) is 30.3 Å². The van der Waals surface area contributed by atoms with Gasteiger partial charge in [-0.3, -0.25) is 9.59 Å². The van der Waals surface area contributed by atoms with Crippen LogP contribution >= 0.6 is 11.3 Å². The lowest BCUT2D eigenvalue weighted by molar-refractivity contribution is -0.114. The summed E-state index contributed by atoms with van der Waals surface area (Å²) >= 11 is 1.48. The molecule has 106 valence electrons. The van der Waals surface area contributed by atoms with Crippen LogP contribution in [0.15, 0.2) is 35.8 Å². The van der Waals surface area contributed by atoms with E-state index in [9.17, 15) is 9.59 Å². The maximum absolute atomic E-state index is 12.1. The number of aromatic nitrogens is 2. The highest BCUT2D eigenvalue weighted by molar-refractivity contribution is 7.16. The summed E-state index contributed by atoms with van der Waals surface area (Å²) in [5, 5.41) is 5.45. The zero-order valence-electron chi connectivity index (χ0n) is 11.1. The van der Waals surface area contributed by atoms with Crippen molar-refractivity contribution in [3.8, 4) is 0 Å². The number of amides is 2. The van der Waals surface area contributed by atoms with Crippen molar-refractivity contribution in [1.29, 1.82) is 0 Å². The van der Waals surface area contributed by atoms with Crippen LogP contribution in [-0.4, -0.2) is 21.8 Å². The summed E-state index contributed by atoms with van der Waals surface area (Å²) in [6, 6.07) is 8.69. The molecular formula is C14H12N4O2S. The Morgan fingerprint density at radius 3 is 2.43 bits per heavy atom. The van der Waals surface area contributed by atoms with Crippen LogP contribution in [0.5, 0.6) is 0 Å². The summed E-state index contributed by atoms with van der Waals surface area (Å²) in [6.07, 6.45) is 0. The van der Waals surface area contributed by atoms with Crippen molar-refractivity contribution in [2.75, 3.05) is 10.6 Å². The monoisotopic (exact) mass is 300 g/mol. The molecule has 3 rings (SSSR count). The Morgan fingerprint density at radius 2 is 1.81 bits per heavy atom. The molecule has 2 amide bonds. The first-order valence-electron chi connectivity index (χ1n) is 6.23. The van der Waals surface area contributed by atoms with E-state index in [0.29, 0.717) is 22.7 Å². The van der Waals surface area contributed by atoms with Crippen LogP contribution in [0, 0.1) is 0 Å². The Labute approximate surface area is 124 Å². The van der Waals surface area contributed by atoms with Crippen molar-refractivity contribution >= 4 is 44.9 Å². The summed E-state index contributed by atoms with van der Waals surface area (Å²) < 4.78 is 0.946. The number of nitrogens with zero attached hydrogens (tertiary/aromatic N) is 1. The molecule has 0 aliphatic carbocycles. The van der Waals surface area contributed by atoms with E-state index < -0.39 is 0 Å². The number of carbonyl (C=O) groups excluding carboxylic acids is 2. The third-order valence-electron chi connectivity index (χ3n) is 2.83. The van der Waals surface area contributed by atoms with Gasteiger partial charge in [0.1, 0.15) is 11.3 Å². The van der Waals surface area contributed by atoms with Crippen molar-refractivity contribution in [1.82, 2.24) is 9.97 Å². The van der Waals surface area contributed by atoms with Gasteiger partial charge in [-0.2, -0.15) is 0 Å². The van der Waals surface area contributed by atoms with Crippen LogP contribution in [0.2, 0.25) is 0 Å². The molecule has 2 heterocycles. The lowest BCUT2D eigenvalue weighted by atomic mass is 10.2. The largest absolute Gasteiger partial charge is 0.334 e. The highest BCUT2D eigenvalue weighted by Gasteiger charge is 2.11. The average molecular weight is 300 g/mol. The Kier molecular flexibility index (Phi) is 3.41. The van der Waals surface area contributed by atoms with Gasteiger partial charge in [0, 0.05) is 18.3 Å². The molecule has 0 saturated heterocycles. The lowest BCUT2D eigenvalue weighted by Gasteiger charge is -2.06. The van der Waals surface area contributed by atoms with Crippen LogP contribution < -0.4 is 10.6 Å². The molecule has 21 heavy (non-hydrogen) atoms. The molecule has 3 N–H and O–H groups in total. The second-order valence-corrected chi connectivity index (χ2v) is 5.35. The molecule has 0 unspecified atom stereocenters. The Hall–Kier alpha value is -2.67. The molecule has 3 aromatic rings. The minimum absolute atomic E-state index is 0.134. The number of benzene rings is 1. The second kappa shape index (κ2) is 5.37. The first kappa shape index (κ1) is 13.3. The molecule has 0 spiro atoms. The topological polar surface area (TPSA) is 86.9 Å². The SMILES string of the molecule is CC(=O)Nc1ccc(NC(=O)c2cc3scnc3[nH]2)cc1. The van der Waals surface area contributed by atoms with E-state index in [2.05, 4.69) is 20.6 Å². The van der Waals surface area contributed by atoms with Crippen LogP contribution in [0.25, 0.3) is 10.3 Å². The number of carbonyl (C=O) groups is 2. The molecule has 2 aromatic heterocycles. The van der Waals surface area contributed by atoms with Crippen molar-refractivity contribution in [3.63, 3.8) is 0 Å². The van der Waals surface area contributed by atoms with Gasteiger partial charge in [0.05, 0.1) is 10.2 Å². The third-order valence-corrected chi connectivity index (χ3v) is 3.61. The molecular weight excluding hydrogens is 288 g/mol. The van der Waals surface area contributed by atoms with Gasteiger partial charge in [-0.25, -0.2) is 4.98 Å².